The maximum Gasteiger partial charge on any atom is 0.123 e. The SMILES string of the molecule is CCCN(CC(C)(C)CN)C(C)c1cc(F)ccc1O. The highest BCUT2D eigenvalue weighted by molar-refractivity contribution is 5.35. The molecule has 0 heterocycles. The Hall–Kier alpha value is -1.13. The maximum atomic E-state index is 13.4. The van der Waals surface area contributed by atoms with E-state index in [0.717, 1.165) is 19.5 Å². The topological polar surface area (TPSA) is 49.5 Å². The van der Waals surface area contributed by atoms with Gasteiger partial charge in [-0.1, -0.05) is 20.8 Å². The predicted molar refractivity (Wildman–Crippen MR) is 81.2 cm³/mol. The number of benzene rings is 1. The monoisotopic (exact) mass is 282 g/mol. The molecule has 1 unspecified atom stereocenters. The largest absolute Gasteiger partial charge is 0.508 e. The van der Waals surface area contributed by atoms with Crippen molar-refractivity contribution in [1.29, 1.82) is 0 Å². The molecular weight excluding hydrogens is 255 g/mol. The quantitative estimate of drug-likeness (QED) is 0.807. The summed E-state index contributed by atoms with van der Waals surface area (Å²) in [6.07, 6.45) is 1.00. The van der Waals surface area contributed by atoms with Gasteiger partial charge in [0.25, 0.3) is 0 Å². The van der Waals surface area contributed by atoms with Crippen LogP contribution in [0.5, 0.6) is 5.75 Å². The third-order valence-corrected chi connectivity index (χ3v) is 3.68. The molecule has 1 aromatic carbocycles. The minimum atomic E-state index is -0.320. The minimum absolute atomic E-state index is 0.00757. The van der Waals surface area contributed by atoms with Crippen molar-refractivity contribution >= 4 is 0 Å². The fourth-order valence-electron chi connectivity index (χ4n) is 2.37. The summed E-state index contributed by atoms with van der Waals surface area (Å²) in [7, 11) is 0. The molecule has 0 spiro atoms. The smallest absolute Gasteiger partial charge is 0.123 e. The van der Waals surface area contributed by atoms with E-state index in [4.69, 9.17) is 5.73 Å². The number of rotatable bonds is 7. The van der Waals surface area contributed by atoms with E-state index in [0.29, 0.717) is 12.1 Å². The Labute approximate surface area is 121 Å². The Morgan fingerprint density at radius 3 is 2.60 bits per heavy atom. The summed E-state index contributed by atoms with van der Waals surface area (Å²) in [5.74, 6) is -0.176. The summed E-state index contributed by atoms with van der Waals surface area (Å²) >= 11 is 0. The van der Waals surface area contributed by atoms with E-state index >= 15 is 0 Å². The number of hydrogen-bond donors (Lipinski definition) is 2. The number of phenols is 1. The third kappa shape index (κ3) is 4.46. The number of phenolic OH excluding ortho intramolecular Hbond substituents is 1. The van der Waals surface area contributed by atoms with E-state index < -0.39 is 0 Å². The van der Waals surface area contributed by atoms with Gasteiger partial charge in [0.2, 0.25) is 0 Å². The van der Waals surface area contributed by atoms with Crippen molar-refractivity contribution in [1.82, 2.24) is 4.90 Å². The lowest BCUT2D eigenvalue weighted by Gasteiger charge is -2.36. The van der Waals surface area contributed by atoms with E-state index in [1.165, 1.54) is 18.2 Å². The standard InChI is InChI=1S/C16H27FN2O/c1-5-8-19(11-16(3,4)10-18)12(2)14-9-13(17)6-7-15(14)20/h6-7,9,12,20H,5,8,10-11,18H2,1-4H3. The van der Waals surface area contributed by atoms with E-state index in [-0.39, 0.29) is 23.0 Å². The first-order chi connectivity index (χ1) is 9.30. The zero-order valence-corrected chi connectivity index (χ0v) is 13.0. The molecule has 0 amide bonds. The Morgan fingerprint density at radius 2 is 2.05 bits per heavy atom. The Kier molecular flexibility index (Phi) is 5.96. The van der Waals surface area contributed by atoms with Crippen molar-refractivity contribution in [2.45, 2.75) is 40.2 Å². The Bertz CT molecular complexity index is 434. The van der Waals surface area contributed by atoms with Crippen molar-refractivity contribution in [3.63, 3.8) is 0 Å². The molecule has 0 aromatic heterocycles. The van der Waals surface area contributed by atoms with E-state index in [2.05, 4.69) is 25.7 Å². The maximum absolute atomic E-state index is 13.4. The zero-order chi connectivity index (χ0) is 15.3. The zero-order valence-electron chi connectivity index (χ0n) is 13.0. The molecule has 3 nitrogen and oxygen atoms in total. The summed E-state index contributed by atoms with van der Waals surface area (Å²) in [6.45, 7) is 10.6. The first kappa shape index (κ1) is 16.9. The van der Waals surface area contributed by atoms with Crippen molar-refractivity contribution < 1.29 is 9.50 Å². The number of nitrogens with two attached hydrogens (primary N) is 1. The third-order valence-electron chi connectivity index (χ3n) is 3.68. The summed E-state index contributed by atoms with van der Waals surface area (Å²) in [5, 5.41) is 9.96. The lowest BCUT2D eigenvalue weighted by atomic mass is 9.91. The van der Waals surface area contributed by atoms with Crippen LogP contribution in [-0.2, 0) is 0 Å². The number of nitrogens with zero attached hydrogens (tertiary/aromatic N) is 1. The van der Waals surface area contributed by atoms with Crippen LogP contribution >= 0.6 is 0 Å². The van der Waals surface area contributed by atoms with Crippen LogP contribution in [0.3, 0.4) is 0 Å². The van der Waals surface area contributed by atoms with Gasteiger partial charge in [-0.25, -0.2) is 4.39 Å². The van der Waals surface area contributed by atoms with Crippen LogP contribution in [0.4, 0.5) is 4.39 Å². The molecule has 0 fully saturated rings. The van der Waals surface area contributed by atoms with Gasteiger partial charge in [-0.05, 0) is 50.0 Å². The number of halogens is 1. The first-order valence-corrected chi connectivity index (χ1v) is 7.23. The number of hydrogen-bond acceptors (Lipinski definition) is 3. The Morgan fingerprint density at radius 1 is 1.40 bits per heavy atom. The van der Waals surface area contributed by atoms with Crippen LogP contribution in [0, 0.1) is 11.2 Å². The highest BCUT2D eigenvalue weighted by Gasteiger charge is 2.25. The lowest BCUT2D eigenvalue weighted by Crippen LogP contribution is -2.40. The molecule has 1 atom stereocenters. The molecule has 114 valence electrons. The van der Waals surface area contributed by atoms with Gasteiger partial charge in [0, 0.05) is 18.2 Å². The average Bonchev–Trinajstić information content (AvgIpc) is 2.40. The van der Waals surface area contributed by atoms with Gasteiger partial charge in [-0.3, -0.25) is 4.90 Å². The second-order valence-electron chi connectivity index (χ2n) is 6.22. The summed E-state index contributed by atoms with van der Waals surface area (Å²) in [5.41, 5.74) is 6.43. The van der Waals surface area contributed by atoms with Crippen molar-refractivity contribution in [2.24, 2.45) is 11.1 Å². The lowest BCUT2D eigenvalue weighted by molar-refractivity contribution is 0.139. The highest BCUT2D eigenvalue weighted by atomic mass is 19.1. The fourth-order valence-corrected chi connectivity index (χ4v) is 2.37. The molecule has 0 aliphatic rings. The van der Waals surface area contributed by atoms with Crippen LogP contribution in [0.15, 0.2) is 18.2 Å². The molecule has 0 saturated carbocycles. The van der Waals surface area contributed by atoms with Gasteiger partial charge < -0.3 is 10.8 Å². The van der Waals surface area contributed by atoms with Crippen LogP contribution in [-0.4, -0.2) is 29.6 Å². The van der Waals surface area contributed by atoms with Crippen LogP contribution in [0.2, 0.25) is 0 Å². The fraction of sp³-hybridized carbons (Fsp3) is 0.625. The average molecular weight is 282 g/mol. The van der Waals surface area contributed by atoms with Gasteiger partial charge in [-0.15, -0.1) is 0 Å². The van der Waals surface area contributed by atoms with Crippen LogP contribution in [0.25, 0.3) is 0 Å². The Balaban J connectivity index is 2.98. The van der Waals surface area contributed by atoms with E-state index in [1.807, 2.05) is 6.92 Å². The van der Waals surface area contributed by atoms with E-state index in [1.54, 1.807) is 0 Å². The second-order valence-corrected chi connectivity index (χ2v) is 6.22. The molecule has 3 N–H and O–H groups in total. The predicted octanol–water partition coefficient (Wildman–Crippen LogP) is 3.29. The molecule has 0 aliphatic carbocycles. The highest BCUT2D eigenvalue weighted by Crippen LogP contribution is 2.31. The van der Waals surface area contributed by atoms with Gasteiger partial charge >= 0.3 is 0 Å². The molecule has 0 aliphatic heterocycles. The minimum Gasteiger partial charge on any atom is -0.508 e. The summed E-state index contributed by atoms with van der Waals surface area (Å²) < 4.78 is 13.4. The van der Waals surface area contributed by atoms with Gasteiger partial charge in [0.05, 0.1) is 0 Å². The molecule has 1 aromatic rings. The first-order valence-electron chi connectivity index (χ1n) is 7.23. The molecule has 20 heavy (non-hydrogen) atoms. The molecule has 1 rings (SSSR count). The molecule has 0 bridgehead atoms. The van der Waals surface area contributed by atoms with Crippen LogP contribution < -0.4 is 5.73 Å². The summed E-state index contributed by atoms with van der Waals surface area (Å²) in [4.78, 5) is 2.25. The normalized spacial score (nSPS) is 13.8. The molecule has 0 radical (unpaired) electrons. The van der Waals surface area contributed by atoms with Crippen molar-refractivity contribution in [3.05, 3.63) is 29.6 Å². The van der Waals surface area contributed by atoms with Gasteiger partial charge in [0.15, 0.2) is 0 Å². The summed E-state index contributed by atoms with van der Waals surface area (Å²) in [6, 6.07) is 4.06. The van der Waals surface area contributed by atoms with Gasteiger partial charge in [-0.2, -0.15) is 0 Å². The van der Waals surface area contributed by atoms with Gasteiger partial charge in [0.1, 0.15) is 11.6 Å². The van der Waals surface area contributed by atoms with E-state index in [9.17, 15) is 9.50 Å². The number of aromatic hydroxyl groups is 1. The molecule has 4 heteroatoms. The van der Waals surface area contributed by atoms with Crippen LogP contribution in [0.1, 0.15) is 45.7 Å². The van der Waals surface area contributed by atoms with Crippen molar-refractivity contribution in [3.8, 4) is 5.75 Å². The molecular formula is C16H27FN2O. The molecule has 0 saturated heterocycles. The second kappa shape index (κ2) is 7.04. The van der Waals surface area contributed by atoms with Crippen molar-refractivity contribution in [2.75, 3.05) is 19.6 Å².